The molecule has 1 aliphatic carbocycles. The van der Waals surface area contributed by atoms with Crippen LogP contribution in [0.15, 0.2) is 24.3 Å². The maximum Gasteiger partial charge on any atom is 0.229 e. The molecule has 1 amide bonds. The summed E-state index contributed by atoms with van der Waals surface area (Å²) in [6, 6.07) is 6.88. The number of fused-ring (bicyclic) bond motifs is 2. The largest absolute Gasteiger partial charge is 0.348 e. The molecule has 1 aromatic rings. The monoisotopic (exact) mass is 373 g/mol. The molecule has 4 rings (SSSR count). The lowest BCUT2D eigenvalue weighted by molar-refractivity contribution is -0.141. The van der Waals surface area contributed by atoms with Crippen molar-refractivity contribution in [2.24, 2.45) is 16.7 Å². The molecule has 1 aromatic carbocycles. The summed E-state index contributed by atoms with van der Waals surface area (Å²) in [6.45, 7) is 5.00. The molecule has 1 saturated carbocycles. The van der Waals surface area contributed by atoms with Crippen molar-refractivity contribution in [3.63, 3.8) is 0 Å². The van der Waals surface area contributed by atoms with Crippen molar-refractivity contribution < 1.29 is 9.18 Å². The van der Waals surface area contributed by atoms with E-state index in [0.717, 1.165) is 39.1 Å². The van der Waals surface area contributed by atoms with Gasteiger partial charge in [-0.15, -0.1) is 0 Å². The first-order valence-electron chi connectivity index (χ1n) is 10.2. The average molecular weight is 374 g/mol. The van der Waals surface area contributed by atoms with Crippen LogP contribution in [0.5, 0.6) is 0 Å². The van der Waals surface area contributed by atoms with E-state index in [-0.39, 0.29) is 11.2 Å². The van der Waals surface area contributed by atoms with E-state index >= 15 is 0 Å². The Balaban J connectivity index is 1.46. The molecular weight excluding hydrogens is 341 g/mol. The van der Waals surface area contributed by atoms with E-state index in [2.05, 4.69) is 16.8 Å². The van der Waals surface area contributed by atoms with Gasteiger partial charge in [0.25, 0.3) is 0 Å². The van der Waals surface area contributed by atoms with Crippen LogP contribution in [-0.2, 0) is 11.3 Å². The first kappa shape index (κ1) is 18.9. The van der Waals surface area contributed by atoms with Gasteiger partial charge < -0.3 is 9.80 Å². The zero-order chi connectivity index (χ0) is 19.2. The highest BCUT2D eigenvalue weighted by molar-refractivity contribution is 5.84. The summed E-state index contributed by atoms with van der Waals surface area (Å²) in [5.74, 6) is 0.648. The number of rotatable bonds is 3. The second kappa shape index (κ2) is 6.85. The summed E-state index contributed by atoms with van der Waals surface area (Å²) in [4.78, 5) is 19.8. The molecule has 2 aliphatic heterocycles. The van der Waals surface area contributed by atoms with E-state index in [4.69, 9.17) is 0 Å². The molecule has 0 radical (unpaired) electrons. The van der Waals surface area contributed by atoms with E-state index < -0.39 is 0 Å². The molecule has 3 fully saturated rings. The minimum absolute atomic E-state index is 0.169. The first-order chi connectivity index (χ1) is 12.8. The van der Waals surface area contributed by atoms with Crippen molar-refractivity contribution in [3.8, 4) is 0 Å². The summed E-state index contributed by atoms with van der Waals surface area (Å²) < 4.78 is 13.1. The summed E-state index contributed by atoms with van der Waals surface area (Å²) in [6.07, 6.45) is 4.58. The van der Waals surface area contributed by atoms with Crippen LogP contribution < -0.4 is 0 Å². The lowest BCUT2D eigenvalue weighted by Crippen LogP contribution is -2.48. The van der Waals surface area contributed by atoms with Crippen LogP contribution >= 0.6 is 0 Å². The molecule has 4 nitrogen and oxygen atoms in total. The number of hydrogen-bond donors (Lipinski definition) is 0. The quantitative estimate of drug-likeness (QED) is 0.815. The van der Waals surface area contributed by atoms with Gasteiger partial charge in [0.2, 0.25) is 5.91 Å². The van der Waals surface area contributed by atoms with Gasteiger partial charge in [-0.1, -0.05) is 12.1 Å². The standard InChI is InChI=1S/C22H32FN3O/c1-24(2)20(27)22-9-8-21(19(22)15-25(3)16-22)10-12-26(13-11-21)14-17-4-6-18(23)7-5-17/h4-7,19H,8-16H2,1-3H3/t19-,22+/m1/s1. The van der Waals surface area contributed by atoms with Crippen molar-refractivity contribution in [1.29, 1.82) is 0 Å². The molecule has 0 N–H and O–H groups in total. The molecule has 2 atom stereocenters. The molecule has 27 heavy (non-hydrogen) atoms. The highest BCUT2D eigenvalue weighted by Gasteiger charge is 2.63. The zero-order valence-corrected chi connectivity index (χ0v) is 16.9. The topological polar surface area (TPSA) is 26.8 Å². The van der Waals surface area contributed by atoms with Crippen molar-refractivity contribution in [2.75, 3.05) is 47.3 Å². The average Bonchev–Trinajstić information content (AvgIpc) is 3.13. The molecule has 3 aliphatic rings. The van der Waals surface area contributed by atoms with Gasteiger partial charge in [-0.05, 0) is 74.8 Å². The Morgan fingerprint density at radius 1 is 1.15 bits per heavy atom. The van der Waals surface area contributed by atoms with Crippen LogP contribution in [0.25, 0.3) is 0 Å². The molecule has 0 unspecified atom stereocenters. The fourth-order valence-electron chi connectivity index (χ4n) is 6.19. The molecule has 148 valence electrons. The third-order valence-electron chi connectivity index (χ3n) is 7.52. The Hall–Kier alpha value is -1.46. The number of hydrogen-bond acceptors (Lipinski definition) is 3. The summed E-state index contributed by atoms with van der Waals surface area (Å²) in [5.41, 5.74) is 1.32. The van der Waals surface area contributed by atoms with E-state index in [1.807, 2.05) is 31.1 Å². The Bertz CT molecular complexity index is 696. The summed E-state index contributed by atoms with van der Waals surface area (Å²) >= 11 is 0. The number of halogens is 1. The smallest absolute Gasteiger partial charge is 0.229 e. The van der Waals surface area contributed by atoms with Gasteiger partial charge in [0.05, 0.1) is 5.41 Å². The van der Waals surface area contributed by atoms with Gasteiger partial charge in [-0.3, -0.25) is 9.69 Å². The third-order valence-corrected chi connectivity index (χ3v) is 7.52. The van der Waals surface area contributed by atoms with Crippen molar-refractivity contribution >= 4 is 5.91 Å². The van der Waals surface area contributed by atoms with Gasteiger partial charge in [0, 0.05) is 33.7 Å². The third kappa shape index (κ3) is 3.19. The fraction of sp³-hybridized carbons (Fsp3) is 0.682. The second-order valence-electron chi connectivity index (χ2n) is 9.37. The Labute approximate surface area is 162 Å². The van der Waals surface area contributed by atoms with E-state index in [9.17, 15) is 9.18 Å². The summed E-state index contributed by atoms with van der Waals surface area (Å²) in [5, 5.41) is 0. The van der Waals surface area contributed by atoms with Crippen LogP contribution in [-0.4, -0.2) is 67.9 Å². The van der Waals surface area contributed by atoms with Gasteiger partial charge in [0.15, 0.2) is 0 Å². The molecule has 0 aromatic heterocycles. The minimum Gasteiger partial charge on any atom is -0.348 e. The number of benzene rings is 1. The second-order valence-corrected chi connectivity index (χ2v) is 9.37. The number of carbonyl (C=O) groups is 1. The predicted octanol–water partition coefficient (Wildman–Crippen LogP) is 2.84. The van der Waals surface area contributed by atoms with E-state index in [0.29, 0.717) is 17.2 Å². The molecule has 1 spiro atoms. The van der Waals surface area contributed by atoms with Gasteiger partial charge in [0.1, 0.15) is 5.82 Å². The van der Waals surface area contributed by atoms with Gasteiger partial charge in [-0.2, -0.15) is 0 Å². The highest BCUT2D eigenvalue weighted by atomic mass is 19.1. The Kier molecular flexibility index (Phi) is 4.79. The van der Waals surface area contributed by atoms with Crippen molar-refractivity contribution in [2.45, 2.75) is 32.2 Å². The van der Waals surface area contributed by atoms with Crippen LogP contribution in [0.4, 0.5) is 4.39 Å². The number of piperidine rings is 1. The zero-order valence-electron chi connectivity index (χ0n) is 16.9. The first-order valence-corrected chi connectivity index (χ1v) is 10.2. The fourth-order valence-corrected chi connectivity index (χ4v) is 6.19. The van der Waals surface area contributed by atoms with Gasteiger partial charge in [-0.25, -0.2) is 4.39 Å². The lowest BCUT2D eigenvalue weighted by Gasteiger charge is -2.44. The summed E-state index contributed by atoms with van der Waals surface area (Å²) in [7, 11) is 5.98. The molecule has 2 saturated heterocycles. The molecular formula is C22H32FN3O. The van der Waals surface area contributed by atoms with E-state index in [1.54, 1.807) is 12.1 Å². The lowest BCUT2D eigenvalue weighted by atomic mass is 9.65. The number of likely N-dealkylation sites (tertiary alicyclic amines) is 2. The minimum atomic E-state index is -0.172. The van der Waals surface area contributed by atoms with Crippen LogP contribution in [0.3, 0.4) is 0 Å². The molecule has 2 heterocycles. The molecule has 0 bridgehead atoms. The van der Waals surface area contributed by atoms with Gasteiger partial charge >= 0.3 is 0 Å². The maximum atomic E-state index is 13.1. The maximum absolute atomic E-state index is 13.1. The normalized spacial score (nSPS) is 30.6. The van der Waals surface area contributed by atoms with Crippen molar-refractivity contribution in [3.05, 3.63) is 35.6 Å². The number of amides is 1. The van der Waals surface area contributed by atoms with E-state index in [1.165, 1.54) is 24.8 Å². The number of nitrogens with zero attached hydrogens (tertiary/aromatic N) is 3. The Morgan fingerprint density at radius 3 is 2.44 bits per heavy atom. The molecule has 5 heteroatoms. The predicted molar refractivity (Wildman–Crippen MR) is 105 cm³/mol. The van der Waals surface area contributed by atoms with Crippen LogP contribution in [0.2, 0.25) is 0 Å². The Morgan fingerprint density at radius 2 is 1.81 bits per heavy atom. The van der Waals surface area contributed by atoms with Crippen molar-refractivity contribution in [1.82, 2.24) is 14.7 Å². The highest BCUT2D eigenvalue weighted by Crippen LogP contribution is 2.62. The van der Waals surface area contributed by atoms with Crippen LogP contribution in [0.1, 0.15) is 31.2 Å². The van der Waals surface area contributed by atoms with Crippen LogP contribution in [0, 0.1) is 22.6 Å². The SMILES string of the molecule is CN1C[C@@H]2C3(CCN(Cc4ccc(F)cc4)CC3)CC[C@]2(C(=O)N(C)C)C1. The number of carbonyl (C=O) groups excluding carboxylic acids is 1.